The molecule has 1 aliphatic carbocycles. The Hall–Kier alpha value is -3.59. The van der Waals surface area contributed by atoms with Gasteiger partial charge in [-0.2, -0.15) is 5.26 Å². The summed E-state index contributed by atoms with van der Waals surface area (Å²) in [5.41, 5.74) is 3.26. The van der Waals surface area contributed by atoms with Gasteiger partial charge in [-0.1, -0.05) is 50.6 Å². The first-order chi connectivity index (χ1) is 23.4. The lowest BCUT2D eigenvalue weighted by molar-refractivity contribution is 0.0743. The predicted octanol–water partition coefficient (Wildman–Crippen LogP) is 6.38. The standard InChI is InChI=1S/C37H46ClN5O5S/c1-24-7-5-9-33(47-4)26(3)25(2)18-43-22-37(14-6-8-28-15-30(38)11-12-31(28)37)23-48-34-13-10-29(16-32(34)43)35(44)40-49(46,21-24)41-36(45)42-19-27(17-39)20-42/h5,9-13,15-16,24-27,33H,6-8,14,18-23H2,1-4H3,(H,40,41,44,45,46)/b9-5+/t24-,25-,26+,33-,37-,49?/m0/s1. The number of likely N-dealkylation sites (tertiary alicyclic amines) is 1. The Labute approximate surface area is 295 Å². The molecule has 2 aromatic carbocycles. The number of ether oxygens (including phenoxy) is 2. The first-order valence-corrected chi connectivity index (χ1v) is 19.2. The maximum Gasteiger partial charge on any atom is 0.329 e. The van der Waals surface area contributed by atoms with Crippen LogP contribution in [0.25, 0.3) is 0 Å². The van der Waals surface area contributed by atoms with Crippen LogP contribution in [-0.4, -0.2) is 72.8 Å². The molecule has 6 rings (SSSR count). The van der Waals surface area contributed by atoms with Gasteiger partial charge in [-0.05, 0) is 84.9 Å². The lowest BCUT2D eigenvalue weighted by Crippen LogP contribution is -2.54. The molecule has 262 valence electrons. The fraction of sp³-hybridized carbons (Fsp3) is 0.541. The van der Waals surface area contributed by atoms with Gasteiger partial charge in [0, 0.05) is 49.3 Å². The molecule has 0 aromatic heterocycles. The normalized spacial score (nSPS) is 31.3. The second-order valence-electron chi connectivity index (χ2n) is 14.4. The van der Waals surface area contributed by atoms with Crippen LogP contribution in [0.3, 0.4) is 0 Å². The highest BCUT2D eigenvalue weighted by Crippen LogP contribution is 2.45. The maximum absolute atomic E-state index is 14.3. The number of urea groups is 1. The average Bonchev–Trinajstić information content (AvgIpc) is 3.18. The molecule has 3 aliphatic heterocycles. The molecular formula is C37H46ClN5O5S. The fourth-order valence-electron chi connectivity index (χ4n) is 7.67. The first-order valence-electron chi connectivity index (χ1n) is 17.2. The minimum absolute atomic E-state index is 0.0138. The minimum Gasteiger partial charge on any atom is -0.490 e. The molecule has 3 heterocycles. The molecule has 0 saturated carbocycles. The molecule has 2 aromatic rings. The summed E-state index contributed by atoms with van der Waals surface area (Å²) in [6.45, 7) is 8.71. The Morgan fingerprint density at radius 2 is 1.98 bits per heavy atom. The van der Waals surface area contributed by atoms with E-state index in [4.69, 9.17) is 26.3 Å². The molecular weight excluding hydrogens is 662 g/mol. The molecule has 1 spiro atoms. The number of nitrogens with zero attached hydrogens (tertiary/aromatic N) is 4. The zero-order valence-electron chi connectivity index (χ0n) is 28.7. The largest absolute Gasteiger partial charge is 0.490 e. The topological polar surface area (TPSA) is 124 Å². The molecule has 4 aliphatic rings. The third kappa shape index (κ3) is 7.47. The number of aryl methyl sites for hydroxylation is 1. The number of benzene rings is 2. The van der Waals surface area contributed by atoms with Gasteiger partial charge in [0.15, 0.2) is 0 Å². The van der Waals surface area contributed by atoms with Crippen LogP contribution in [0.15, 0.2) is 52.9 Å². The van der Waals surface area contributed by atoms with Crippen LogP contribution in [0.1, 0.15) is 61.5 Å². The number of hydrogen-bond donors (Lipinski definition) is 1. The van der Waals surface area contributed by atoms with E-state index in [-0.39, 0.29) is 59.6 Å². The van der Waals surface area contributed by atoms with E-state index in [1.165, 1.54) is 16.0 Å². The molecule has 6 atom stereocenters. The number of nitriles is 1. The van der Waals surface area contributed by atoms with Gasteiger partial charge < -0.3 is 19.3 Å². The maximum atomic E-state index is 14.3. The van der Waals surface area contributed by atoms with Gasteiger partial charge in [0.2, 0.25) is 0 Å². The van der Waals surface area contributed by atoms with Crippen molar-refractivity contribution in [1.29, 1.82) is 5.26 Å². The number of rotatable bonds is 2. The van der Waals surface area contributed by atoms with E-state index in [1.807, 2.05) is 19.1 Å². The van der Waals surface area contributed by atoms with Gasteiger partial charge in [0.05, 0.1) is 36.1 Å². The molecule has 2 bridgehead atoms. The van der Waals surface area contributed by atoms with Gasteiger partial charge in [-0.25, -0.2) is 9.00 Å². The molecule has 3 amide bonds. The number of carbonyl (C=O) groups is 2. The molecule has 1 saturated heterocycles. The zero-order valence-corrected chi connectivity index (χ0v) is 30.3. The average molecular weight is 708 g/mol. The number of anilines is 1. The van der Waals surface area contributed by atoms with Crippen molar-refractivity contribution >= 4 is 39.1 Å². The number of hydrogen-bond acceptors (Lipinski definition) is 7. The summed E-state index contributed by atoms with van der Waals surface area (Å²) < 4.78 is 33.7. The second-order valence-corrected chi connectivity index (χ2v) is 16.9. The molecule has 0 radical (unpaired) electrons. The van der Waals surface area contributed by atoms with Crippen LogP contribution in [0.5, 0.6) is 5.75 Å². The first kappa shape index (κ1) is 35.2. The Morgan fingerprint density at radius 1 is 1.18 bits per heavy atom. The van der Waals surface area contributed by atoms with Gasteiger partial charge in [0.25, 0.3) is 5.91 Å². The van der Waals surface area contributed by atoms with Crippen molar-refractivity contribution in [2.45, 2.75) is 58.0 Å². The number of allylic oxidation sites excluding steroid dienone is 1. The van der Waals surface area contributed by atoms with Gasteiger partial charge in [-0.3, -0.25) is 9.52 Å². The molecule has 10 nitrogen and oxygen atoms in total. The van der Waals surface area contributed by atoms with E-state index in [1.54, 1.807) is 25.3 Å². The van der Waals surface area contributed by atoms with E-state index >= 15 is 0 Å². The number of fused-ring (bicyclic) bond motifs is 3. The van der Waals surface area contributed by atoms with Gasteiger partial charge in [0.1, 0.15) is 15.7 Å². The second kappa shape index (κ2) is 14.3. The fourth-order valence-corrected chi connectivity index (χ4v) is 9.75. The summed E-state index contributed by atoms with van der Waals surface area (Å²) in [6.07, 6.45) is 7.44. The number of carbonyl (C=O) groups excluding carboxylic acids is 2. The Morgan fingerprint density at radius 3 is 2.73 bits per heavy atom. The highest BCUT2D eigenvalue weighted by atomic mass is 35.5. The summed E-state index contributed by atoms with van der Waals surface area (Å²) in [6, 6.07) is 13.0. The van der Waals surface area contributed by atoms with Crippen molar-refractivity contribution in [3.05, 3.63) is 70.3 Å². The van der Waals surface area contributed by atoms with Crippen LogP contribution < -0.4 is 14.4 Å². The van der Waals surface area contributed by atoms with Crippen LogP contribution in [0.2, 0.25) is 5.02 Å². The van der Waals surface area contributed by atoms with Crippen molar-refractivity contribution in [2.75, 3.05) is 50.5 Å². The number of halogens is 1. The van der Waals surface area contributed by atoms with E-state index in [9.17, 15) is 13.8 Å². The summed E-state index contributed by atoms with van der Waals surface area (Å²) in [5.74, 6) is -0.0722. The Bertz CT molecular complexity index is 1800. The predicted molar refractivity (Wildman–Crippen MR) is 191 cm³/mol. The minimum atomic E-state index is -3.52. The third-order valence-corrected chi connectivity index (χ3v) is 12.9. The summed E-state index contributed by atoms with van der Waals surface area (Å²) in [4.78, 5) is 30.7. The molecule has 12 heteroatoms. The number of amides is 3. The highest BCUT2D eigenvalue weighted by Gasteiger charge is 2.42. The molecule has 1 unspecified atom stereocenters. The number of nitrogens with one attached hydrogen (secondary N) is 1. The Balaban J connectivity index is 1.41. The van der Waals surface area contributed by atoms with E-state index < -0.39 is 21.9 Å². The SMILES string of the molecule is CO[C@H]1/C=C/C[C@H](C)CS(=O)(NC(=O)N2CC(C#N)C2)=NC(=O)c2ccc3c(c2)N(C[C@H](C)[C@H]1C)C[C@@]1(CCCc2cc(Cl)ccc21)CO3. The van der Waals surface area contributed by atoms with Crippen molar-refractivity contribution in [1.82, 2.24) is 9.62 Å². The molecule has 49 heavy (non-hydrogen) atoms. The van der Waals surface area contributed by atoms with Crippen LogP contribution in [0, 0.1) is 35.0 Å². The van der Waals surface area contributed by atoms with Gasteiger partial charge >= 0.3 is 6.03 Å². The summed E-state index contributed by atoms with van der Waals surface area (Å²) in [7, 11) is -1.80. The smallest absolute Gasteiger partial charge is 0.329 e. The zero-order chi connectivity index (χ0) is 34.9. The van der Waals surface area contributed by atoms with E-state index in [0.29, 0.717) is 31.9 Å². The lowest BCUT2D eigenvalue weighted by atomic mass is 9.70. The Kier molecular flexibility index (Phi) is 10.3. The van der Waals surface area contributed by atoms with Crippen molar-refractivity contribution in [3.63, 3.8) is 0 Å². The van der Waals surface area contributed by atoms with E-state index in [0.717, 1.165) is 30.0 Å². The number of methoxy groups -OCH3 is 1. The lowest BCUT2D eigenvalue weighted by Gasteiger charge is -2.42. The van der Waals surface area contributed by atoms with Crippen LogP contribution in [-0.2, 0) is 26.5 Å². The van der Waals surface area contributed by atoms with Crippen LogP contribution in [0.4, 0.5) is 10.5 Å². The van der Waals surface area contributed by atoms with E-state index in [2.05, 4.69) is 52.1 Å². The van der Waals surface area contributed by atoms with Crippen LogP contribution >= 0.6 is 11.6 Å². The monoisotopic (exact) mass is 707 g/mol. The van der Waals surface area contributed by atoms with Gasteiger partial charge in [-0.15, -0.1) is 4.36 Å². The third-order valence-electron chi connectivity index (χ3n) is 10.7. The molecule has 1 N–H and O–H groups in total. The van der Waals surface area contributed by atoms with Crippen molar-refractivity contribution in [2.24, 2.45) is 28.0 Å². The van der Waals surface area contributed by atoms with Crippen molar-refractivity contribution in [3.8, 4) is 11.8 Å². The quantitative estimate of drug-likeness (QED) is 0.359. The summed E-state index contributed by atoms with van der Waals surface area (Å²) >= 11 is 6.43. The molecule has 1 fully saturated rings. The van der Waals surface area contributed by atoms with Crippen molar-refractivity contribution < 1.29 is 23.3 Å². The summed E-state index contributed by atoms with van der Waals surface area (Å²) in [5, 5.41) is 9.89. The highest BCUT2D eigenvalue weighted by molar-refractivity contribution is 7.92.